The van der Waals surface area contributed by atoms with Gasteiger partial charge in [0.25, 0.3) is 0 Å². The second-order valence-corrected chi connectivity index (χ2v) is 3.62. The minimum absolute atomic E-state index is 0.786. The molecule has 0 spiro atoms. The number of hydrogen-bond acceptors (Lipinski definition) is 5. The number of aryl methyl sites for hydroxylation is 1. The normalized spacial score (nSPS) is 16.6. The lowest BCUT2D eigenvalue weighted by Gasteiger charge is -2.28. The minimum Gasteiger partial charge on any atom is -0.411 e. The number of piperidine rings is 1. The van der Waals surface area contributed by atoms with Crippen molar-refractivity contribution >= 4 is 11.5 Å². The zero-order chi connectivity index (χ0) is 10.7. The Morgan fingerprint density at radius 2 is 2.13 bits per heavy atom. The van der Waals surface area contributed by atoms with Crippen LogP contribution in [0.2, 0.25) is 0 Å². The van der Waals surface area contributed by atoms with Crippen molar-refractivity contribution in [3.63, 3.8) is 0 Å². The van der Waals surface area contributed by atoms with Gasteiger partial charge in [-0.3, -0.25) is 0 Å². The quantitative estimate of drug-likeness (QED) is 0.554. The van der Waals surface area contributed by atoms with E-state index in [2.05, 4.69) is 20.0 Å². The lowest BCUT2D eigenvalue weighted by molar-refractivity contribution is 0.315. The summed E-state index contributed by atoms with van der Waals surface area (Å²) in [5.41, 5.74) is 0.872. The first-order valence-corrected chi connectivity index (χ1v) is 5.04. The summed E-state index contributed by atoms with van der Waals surface area (Å²) in [5.74, 6) is 1.74. The number of anilines is 1. The van der Waals surface area contributed by atoms with Gasteiger partial charge in [-0.2, -0.15) is 0 Å². The van der Waals surface area contributed by atoms with Gasteiger partial charge in [-0.1, -0.05) is 5.16 Å². The van der Waals surface area contributed by atoms with E-state index < -0.39 is 0 Å². The Hall–Kier alpha value is -1.65. The van der Waals surface area contributed by atoms with E-state index in [1.54, 1.807) is 6.20 Å². The second-order valence-electron chi connectivity index (χ2n) is 3.62. The van der Waals surface area contributed by atoms with Gasteiger partial charge in [0.05, 0.1) is 5.71 Å². The molecule has 0 radical (unpaired) electrons. The van der Waals surface area contributed by atoms with Crippen LogP contribution >= 0.6 is 0 Å². The molecule has 1 fully saturated rings. The molecule has 5 heteroatoms. The van der Waals surface area contributed by atoms with Gasteiger partial charge in [-0.05, 0) is 13.0 Å². The number of rotatable bonds is 1. The maximum atomic E-state index is 8.64. The molecule has 5 nitrogen and oxygen atoms in total. The van der Waals surface area contributed by atoms with Crippen molar-refractivity contribution in [2.45, 2.75) is 19.8 Å². The summed E-state index contributed by atoms with van der Waals surface area (Å²) in [5, 5.41) is 11.9. The first-order valence-electron chi connectivity index (χ1n) is 5.04. The molecule has 0 aliphatic carbocycles. The standard InChI is InChI=1S/C10H14N4O/c1-8-11-5-2-10(12-8)14-6-3-9(13-15)4-7-14/h2,5,15H,3-4,6-7H2,1H3. The topological polar surface area (TPSA) is 61.6 Å². The third-order valence-corrected chi connectivity index (χ3v) is 2.57. The number of nitrogens with zero attached hydrogens (tertiary/aromatic N) is 4. The van der Waals surface area contributed by atoms with Gasteiger partial charge in [0.2, 0.25) is 0 Å². The molecule has 1 N–H and O–H groups in total. The van der Waals surface area contributed by atoms with Crippen molar-refractivity contribution in [1.29, 1.82) is 0 Å². The molecule has 1 saturated heterocycles. The van der Waals surface area contributed by atoms with Crippen molar-refractivity contribution in [3.05, 3.63) is 18.1 Å². The molecular formula is C10H14N4O. The highest BCUT2D eigenvalue weighted by atomic mass is 16.4. The van der Waals surface area contributed by atoms with Gasteiger partial charge in [0.1, 0.15) is 11.6 Å². The van der Waals surface area contributed by atoms with Crippen LogP contribution in [0.1, 0.15) is 18.7 Å². The molecule has 0 aromatic carbocycles. The highest BCUT2D eigenvalue weighted by Gasteiger charge is 2.16. The van der Waals surface area contributed by atoms with Crippen LogP contribution < -0.4 is 4.90 Å². The van der Waals surface area contributed by atoms with Crippen LogP contribution in [0.25, 0.3) is 0 Å². The number of hydrogen-bond donors (Lipinski definition) is 1. The van der Waals surface area contributed by atoms with Gasteiger partial charge < -0.3 is 10.1 Å². The molecule has 15 heavy (non-hydrogen) atoms. The maximum Gasteiger partial charge on any atom is 0.132 e. The summed E-state index contributed by atoms with van der Waals surface area (Å²) in [4.78, 5) is 10.6. The molecule has 0 unspecified atom stereocenters. The molecule has 2 heterocycles. The number of aromatic nitrogens is 2. The SMILES string of the molecule is Cc1nccc(N2CCC(=NO)CC2)n1. The van der Waals surface area contributed by atoms with Gasteiger partial charge in [0.15, 0.2) is 0 Å². The molecule has 80 valence electrons. The van der Waals surface area contributed by atoms with E-state index in [9.17, 15) is 0 Å². The summed E-state index contributed by atoms with van der Waals surface area (Å²) in [6.07, 6.45) is 3.38. The summed E-state index contributed by atoms with van der Waals surface area (Å²) in [7, 11) is 0. The lowest BCUT2D eigenvalue weighted by Crippen LogP contribution is -2.34. The van der Waals surface area contributed by atoms with E-state index in [-0.39, 0.29) is 0 Å². The van der Waals surface area contributed by atoms with Crippen molar-refractivity contribution in [2.75, 3.05) is 18.0 Å². The molecule has 1 aromatic rings. The average molecular weight is 206 g/mol. The molecular weight excluding hydrogens is 192 g/mol. The Labute approximate surface area is 88.5 Å². The van der Waals surface area contributed by atoms with Crippen LogP contribution in [0.15, 0.2) is 17.4 Å². The Kier molecular flexibility index (Phi) is 2.80. The van der Waals surface area contributed by atoms with Gasteiger partial charge in [-0.25, -0.2) is 9.97 Å². The molecule has 2 rings (SSSR count). The summed E-state index contributed by atoms with van der Waals surface area (Å²) in [6.45, 7) is 3.60. The summed E-state index contributed by atoms with van der Waals surface area (Å²) in [6, 6.07) is 1.91. The lowest BCUT2D eigenvalue weighted by atomic mass is 10.1. The monoisotopic (exact) mass is 206 g/mol. The Balaban J connectivity index is 2.07. The summed E-state index contributed by atoms with van der Waals surface area (Å²) < 4.78 is 0. The van der Waals surface area contributed by atoms with E-state index in [1.165, 1.54) is 0 Å². The fraction of sp³-hybridized carbons (Fsp3) is 0.500. The van der Waals surface area contributed by atoms with Crippen molar-refractivity contribution in [2.24, 2.45) is 5.16 Å². The van der Waals surface area contributed by atoms with E-state index in [1.807, 2.05) is 13.0 Å². The zero-order valence-corrected chi connectivity index (χ0v) is 8.72. The Morgan fingerprint density at radius 3 is 2.73 bits per heavy atom. The summed E-state index contributed by atoms with van der Waals surface area (Å²) >= 11 is 0. The molecule has 0 amide bonds. The average Bonchev–Trinajstić information content (AvgIpc) is 2.29. The van der Waals surface area contributed by atoms with Crippen LogP contribution in [-0.4, -0.2) is 34.0 Å². The first-order chi connectivity index (χ1) is 7.29. The minimum atomic E-state index is 0.786. The molecule has 0 saturated carbocycles. The molecule has 1 aromatic heterocycles. The van der Waals surface area contributed by atoms with Crippen molar-refractivity contribution in [1.82, 2.24) is 9.97 Å². The molecule has 1 aliphatic rings. The molecule has 0 atom stereocenters. The fourth-order valence-electron chi connectivity index (χ4n) is 1.71. The van der Waals surface area contributed by atoms with E-state index in [4.69, 9.17) is 5.21 Å². The van der Waals surface area contributed by atoms with Crippen molar-refractivity contribution < 1.29 is 5.21 Å². The maximum absolute atomic E-state index is 8.64. The highest BCUT2D eigenvalue weighted by Crippen LogP contribution is 2.15. The largest absolute Gasteiger partial charge is 0.411 e. The van der Waals surface area contributed by atoms with Crippen LogP contribution in [0.4, 0.5) is 5.82 Å². The van der Waals surface area contributed by atoms with Gasteiger partial charge in [-0.15, -0.1) is 0 Å². The third-order valence-electron chi connectivity index (χ3n) is 2.57. The van der Waals surface area contributed by atoms with E-state index in [0.29, 0.717) is 0 Å². The van der Waals surface area contributed by atoms with Crippen LogP contribution in [0, 0.1) is 6.92 Å². The van der Waals surface area contributed by atoms with Gasteiger partial charge >= 0.3 is 0 Å². The second kappa shape index (κ2) is 4.25. The van der Waals surface area contributed by atoms with E-state index >= 15 is 0 Å². The van der Waals surface area contributed by atoms with Crippen LogP contribution in [-0.2, 0) is 0 Å². The first kappa shape index (κ1) is 9.89. The predicted molar refractivity (Wildman–Crippen MR) is 57.4 cm³/mol. The Bertz CT molecular complexity index is 367. The predicted octanol–water partition coefficient (Wildman–Crippen LogP) is 1.22. The van der Waals surface area contributed by atoms with Crippen molar-refractivity contribution in [3.8, 4) is 0 Å². The third kappa shape index (κ3) is 2.23. The van der Waals surface area contributed by atoms with Crippen LogP contribution in [0.3, 0.4) is 0 Å². The van der Waals surface area contributed by atoms with Gasteiger partial charge in [0, 0.05) is 32.1 Å². The fourth-order valence-corrected chi connectivity index (χ4v) is 1.71. The number of oxime groups is 1. The highest BCUT2D eigenvalue weighted by molar-refractivity contribution is 5.85. The van der Waals surface area contributed by atoms with E-state index in [0.717, 1.165) is 43.3 Å². The molecule has 0 bridgehead atoms. The Morgan fingerprint density at radius 1 is 1.40 bits per heavy atom. The van der Waals surface area contributed by atoms with Crippen LogP contribution in [0.5, 0.6) is 0 Å². The smallest absolute Gasteiger partial charge is 0.132 e. The molecule has 1 aliphatic heterocycles. The zero-order valence-electron chi connectivity index (χ0n) is 8.72.